The number of imidazole rings is 1. The highest BCUT2D eigenvalue weighted by molar-refractivity contribution is 5.77. The zero-order chi connectivity index (χ0) is 18.6. The molecule has 2 heterocycles. The minimum Gasteiger partial charge on any atom is -0.299 e. The fourth-order valence-corrected chi connectivity index (χ4v) is 3.12. The average molecular weight is 354 g/mol. The topological polar surface area (TPSA) is 78.9 Å². The average Bonchev–Trinajstić information content (AvgIpc) is 3.12. The highest BCUT2D eigenvalue weighted by Gasteiger charge is 2.12. The van der Waals surface area contributed by atoms with Crippen LogP contribution < -0.4 is 5.32 Å². The Labute approximate surface area is 157 Å². The second-order valence-electron chi connectivity index (χ2n) is 6.23. The maximum atomic E-state index is 8.61. The van der Waals surface area contributed by atoms with Gasteiger partial charge in [-0.2, -0.15) is 10.4 Å². The summed E-state index contributed by atoms with van der Waals surface area (Å²) in [6.07, 6.45) is 3.58. The summed E-state index contributed by atoms with van der Waals surface area (Å²) in [7, 11) is 0. The van der Waals surface area contributed by atoms with Gasteiger partial charge in [0.25, 0.3) is 5.78 Å². The largest absolute Gasteiger partial charge is 0.299 e. The summed E-state index contributed by atoms with van der Waals surface area (Å²) in [4.78, 5) is 9.02. The van der Waals surface area contributed by atoms with Crippen LogP contribution in [-0.4, -0.2) is 26.1 Å². The molecule has 2 aromatic carbocycles. The molecule has 27 heavy (non-hydrogen) atoms. The minimum absolute atomic E-state index is 0.278. The van der Waals surface area contributed by atoms with Crippen molar-refractivity contribution in [1.29, 1.82) is 5.26 Å². The van der Waals surface area contributed by atoms with Crippen LogP contribution in [0, 0.1) is 18.3 Å². The molecular formula is C21H18N6. The molecule has 4 aromatic rings. The summed E-state index contributed by atoms with van der Waals surface area (Å²) in [5.41, 5.74) is 6.20. The third kappa shape index (κ3) is 3.41. The molecule has 2 aromatic heterocycles. The monoisotopic (exact) mass is 354 g/mol. The summed E-state index contributed by atoms with van der Waals surface area (Å²) in [5.74, 6) is 0.554. The minimum atomic E-state index is 0.278. The van der Waals surface area contributed by atoms with E-state index >= 15 is 0 Å². The maximum absolute atomic E-state index is 8.61. The lowest BCUT2D eigenvalue weighted by atomic mass is 9.95. The normalized spacial score (nSPS) is 10.8. The Bertz CT molecular complexity index is 1120. The van der Waals surface area contributed by atoms with Crippen LogP contribution >= 0.6 is 0 Å². The van der Waals surface area contributed by atoms with Crippen LogP contribution in [-0.2, 0) is 6.54 Å². The van der Waals surface area contributed by atoms with E-state index in [0.717, 1.165) is 17.0 Å². The number of rotatable bonds is 5. The van der Waals surface area contributed by atoms with Crippen LogP contribution in [0.15, 0.2) is 60.9 Å². The molecule has 0 aliphatic rings. The predicted molar refractivity (Wildman–Crippen MR) is 104 cm³/mol. The molecule has 0 unspecified atom stereocenters. The number of nitrogens with zero attached hydrogens (tertiary/aromatic N) is 5. The Morgan fingerprint density at radius 2 is 1.89 bits per heavy atom. The lowest BCUT2D eigenvalue weighted by molar-refractivity contribution is 0.710. The van der Waals surface area contributed by atoms with Crippen LogP contribution in [0.1, 0.15) is 11.3 Å². The van der Waals surface area contributed by atoms with Gasteiger partial charge in [-0.1, -0.05) is 48.5 Å². The molecular weight excluding hydrogens is 336 g/mol. The van der Waals surface area contributed by atoms with E-state index in [1.165, 1.54) is 16.7 Å². The fraction of sp³-hybridized carbons (Fsp3) is 0.143. The molecule has 0 fully saturated rings. The number of aromatic nitrogens is 4. The van der Waals surface area contributed by atoms with Gasteiger partial charge in [0.2, 0.25) is 0 Å². The number of hydrogen-bond acceptors (Lipinski definition) is 5. The zero-order valence-corrected chi connectivity index (χ0v) is 14.9. The zero-order valence-electron chi connectivity index (χ0n) is 14.9. The number of nitrogens with one attached hydrogen (secondary N) is 1. The molecule has 0 saturated carbocycles. The van der Waals surface area contributed by atoms with Crippen molar-refractivity contribution in [2.24, 2.45) is 0 Å². The smallest absolute Gasteiger partial charge is 0.251 e. The summed E-state index contributed by atoms with van der Waals surface area (Å²) < 4.78 is 1.69. The SMILES string of the molecule is Cc1c(-c2ccccc2)cccc1-c1cn2nc(CNCC#N)cnc2n1. The van der Waals surface area contributed by atoms with Gasteiger partial charge in [0.15, 0.2) is 0 Å². The van der Waals surface area contributed by atoms with E-state index in [-0.39, 0.29) is 6.54 Å². The Balaban J connectivity index is 1.71. The van der Waals surface area contributed by atoms with Crippen LogP contribution in [0.2, 0.25) is 0 Å². The molecule has 132 valence electrons. The van der Waals surface area contributed by atoms with Crippen molar-refractivity contribution < 1.29 is 0 Å². The number of benzene rings is 2. The number of hydrogen-bond donors (Lipinski definition) is 1. The molecule has 6 heteroatoms. The van der Waals surface area contributed by atoms with Gasteiger partial charge in [-0.3, -0.25) is 5.32 Å². The van der Waals surface area contributed by atoms with E-state index in [4.69, 9.17) is 5.26 Å². The van der Waals surface area contributed by atoms with Crippen LogP contribution in [0.25, 0.3) is 28.2 Å². The maximum Gasteiger partial charge on any atom is 0.251 e. The van der Waals surface area contributed by atoms with Crippen molar-refractivity contribution in [1.82, 2.24) is 24.9 Å². The summed E-state index contributed by atoms with van der Waals surface area (Å²) in [6, 6.07) is 18.6. The van der Waals surface area contributed by atoms with Crippen molar-refractivity contribution in [3.05, 3.63) is 72.2 Å². The third-order valence-corrected chi connectivity index (χ3v) is 4.44. The first kappa shape index (κ1) is 16.9. The fourth-order valence-electron chi connectivity index (χ4n) is 3.12. The van der Waals surface area contributed by atoms with Gasteiger partial charge in [0, 0.05) is 12.1 Å². The third-order valence-electron chi connectivity index (χ3n) is 4.44. The van der Waals surface area contributed by atoms with E-state index in [2.05, 4.69) is 51.6 Å². The van der Waals surface area contributed by atoms with Gasteiger partial charge in [-0.05, 0) is 23.6 Å². The molecule has 0 radical (unpaired) electrons. The summed E-state index contributed by atoms with van der Waals surface area (Å²) >= 11 is 0. The van der Waals surface area contributed by atoms with Crippen molar-refractivity contribution in [2.45, 2.75) is 13.5 Å². The molecule has 0 amide bonds. The first-order chi connectivity index (χ1) is 13.3. The second-order valence-corrected chi connectivity index (χ2v) is 6.23. The molecule has 0 saturated heterocycles. The first-order valence-corrected chi connectivity index (χ1v) is 8.70. The molecule has 4 rings (SSSR count). The predicted octanol–water partition coefficient (Wildman–Crippen LogP) is 3.38. The first-order valence-electron chi connectivity index (χ1n) is 8.70. The number of nitriles is 1. The highest BCUT2D eigenvalue weighted by Crippen LogP contribution is 2.31. The molecule has 0 bridgehead atoms. The van der Waals surface area contributed by atoms with Gasteiger partial charge in [0.1, 0.15) is 0 Å². The Morgan fingerprint density at radius 1 is 1.07 bits per heavy atom. The van der Waals surface area contributed by atoms with Gasteiger partial charge >= 0.3 is 0 Å². The lowest BCUT2D eigenvalue weighted by Gasteiger charge is -2.09. The van der Waals surface area contributed by atoms with Crippen LogP contribution in [0.3, 0.4) is 0 Å². The van der Waals surface area contributed by atoms with Gasteiger partial charge in [-0.15, -0.1) is 0 Å². The Hall–Kier alpha value is -3.56. The standard InChI is InChI=1S/C21H18N6/c1-15-18(16-6-3-2-4-7-16)8-5-9-19(15)20-14-27-21(25-20)24-13-17(26-27)12-23-11-10-22/h2-9,13-14,23H,11-12H2,1H3. The Kier molecular flexibility index (Phi) is 4.60. The van der Waals surface area contributed by atoms with E-state index in [9.17, 15) is 0 Å². The molecule has 0 aliphatic heterocycles. The van der Waals surface area contributed by atoms with E-state index in [1.807, 2.05) is 36.5 Å². The van der Waals surface area contributed by atoms with E-state index < -0.39 is 0 Å². The molecule has 6 nitrogen and oxygen atoms in total. The molecule has 0 aliphatic carbocycles. The number of fused-ring (bicyclic) bond motifs is 1. The summed E-state index contributed by atoms with van der Waals surface area (Å²) in [5, 5.41) is 16.1. The molecule has 1 N–H and O–H groups in total. The lowest BCUT2D eigenvalue weighted by Crippen LogP contribution is -2.15. The Morgan fingerprint density at radius 3 is 2.70 bits per heavy atom. The molecule has 0 atom stereocenters. The van der Waals surface area contributed by atoms with Crippen molar-refractivity contribution in [3.63, 3.8) is 0 Å². The van der Waals surface area contributed by atoms with Gasteiger partial charge in [-0.25, -0.2) is 14.5 Å². The van der Waals surface area contributed by atoms with E-state index in [1.54, 1.807) is 10.7 Å². The highest BCUT2D eigenvalue weighted by atomic mass is 15.3. The molecule has 0 spiro atoms. The van der Waals surface area contributed by atoms with Crippen molar-refractivity contribution in [2.75, 3.05) is 6.54 Å². The quantitative estimate of drug-likeness (QED) is 0.439. The summed E-state index contributed by atoms with van der Waals surface area (Å²) in [6.45, 7) is 2.88. The second kappa shape index (κ2) is 7.36. The van der Waals surface area contributed by atoms with Crippen LogP contribution in [0.5, 0.6) is 0 Å². The van der Waals surface area contributed by atoms with E-state index in [0.29, 0.717) is 12.3 Å². The van der Waals surface area contributed by atoms with Gasteiger partial charge in [0.05, 0.1) is 36.4 Å². The van der Waals surface area contributed by atoms with Crippen LogP contribution in [0.4, 0.5) is 0 Å². The van der Waals surface area contributed by atoms with Crippen molar-refractivity contribution >= 4 is 5.78 Å². The van der Waals surface area contributed by atoms with Crippen molar-refractivity contribution in [3.8, 4) is 28.5 Å². The van der Waals surface area contributed by atoms with Gasteiger partial charge < -0.3 is 0 Å².